The first-order valence-electron chi connectivity index (χ1n) is 3.44. The first kappa shape index (κ1) is 7.67. The van der Waals surface area contributed by atoms with Gasteiger partial charge in [-0.1, -0.05) is 23.8 Å². The molecule has 0 saturated carbocycles. The number of hydrogen-bond acceptors (Lipinski definition) is 0. The van der Waals surface area contributed by atoms with Gasteiger partial charge in [0.2, 0.25) is 0 Å². The third-order valence-electron chi connectivity index (χ3n) is 1.52. The summed E-state index contributed by atoms with van der Waals surface area (Å²) < 4.78 is 0. The maximum atomic E-state index is 2.28. The van der Waals surface area contributed by atoms with Gasteiger partial charge in [-0.3, -0.25) is 0 Å². The van der Waals surface area contributed by atoms with E-state index in [1.807, 2.05) is 0 Å². The Morgan fingerprint density at radius 2 is 1.90 bits per heavy atom. The fraction of sp³-hybridized carbons (Fsp3) is 0.333. The van der Waals surface area contributed by atoms with Crippen LogP contribution in [0.4, 0.5) is 0 Å². The highest BCUT2D eigenvalue weighted by Crippen LogP contribution is 2.27. The van der Waals surface area contributed by atoms with E-state index in [1.165, 1.54) is 10.5 Å². The lowest BCUT2D eigenvalue weighted by Crippen LogP contribution is -1.78. The first-order valence-corrected chi connectivity index (χ1v) is 5.68. The molecule has 0 heterocycles. The minimum Gasteiger partial charge on any atom is -0.233 e. The number of hydrogen-bond donors (Lipinski definition) is 1. The Kier molecular flexibility index (Phi) is 2.39. The second kappa shape index (κ2) is 3.11. The highest BCUT2D eigenvalue weighted by Gasteiger charge is 1.92. The fourth-order valence-corrected chi connectivity index (χ4v) is 1.75. The molecule has 0 bridgehead atoms. The standard InChI is InChI=1S/C9H14S/c1-8-5-4-6-9(7-8)10(2)3/h4-7,10H,1-3H3. The molecule has 0 spiro atoms. The zero-order valence-corrected chi connectivity index (χ0v) is 7.65. The molecule has 0 radical (unpaired) electrons. The maximum Gasteiger partial charge on any atom is -0.0127 e. The van der Waals surface area contributed by atoms with Gasteiger partial charge in [-0.2, -0.15) is 0 Å². The summed E-state index contributed by atoms with van der Waals surface area (Å²) in [4.78, 5) is 1.50. The van der Waals surface area contributed by atoms with Gasteiger partial charge in [-0.05, 0) is 30.4 Å². The molecule has 1 aromatic carbocycles. The summed E-state index contributed by atoms with van der Waals surface area (Å²) in [5, 5.41) is 0. The third kappa shape index (κ3) is 1.77. The quantitative estimate of drug-likeness (QED) is 0.591. The second-order valence-electron chi connectivity index (χ2n) is 2.73. The molecule has 0 amide bonds. The molecule has 0 aliphatic carbocycles. The van der Waals surface area contributed by atoms with Crippen LogP contribution >= 0.6 is 10.9 Å². The van der Waals surface area contributed by atoms with E-state index in [9.17, 15) is 0 Å². The molecular formula is C9H14S. The van der Waals surface area contributed by atoms with Crippen LogP contribution in [0.15, 0.2) is 29.2 Å². The van der Waals surface area contributed by atoms with Gasteiger partial charge in [0.1, 0.15) is 0 Å². The van der Waals surface area contributed by atoms with E-state index < -0.39 is 0 Å². The molecule has 0 aliphatic rings. The number of thiol groups is 1. The van der Waals surface area contributed by atoms with Crippen LogP contribution in [0.25, 0.3) is 0 Å². The van der Waals surface area contributed by atoms with Gasteiger partial charge in [0.05, 0.1) is 0 Å². The van der Waals surface area contributed by atoms with E-state index in [0.717, 1.165) is 0 Å². The molecule has 0 N–H and O–H groups in total. The van der Waals surface area contributed by atoms with Crippen LogP contribution in [0.2, 0.25) is 0 Å². The van der Waals surface area contributed by atoms with E-state index >= 15 is 0 Å². The minimum absolute atomic E-state index is 0.0882. The van der Waals surface area contributed by atoms with Crippen LogP contribution in [-0.4, -0.2) is 12.5 Å². The number of rotatable bonds is 1. The van der Waals surface area contributed by atoms with Gasteiger partial charge < -0.3 is 0 Å². The topological polar surface area (TPSA) is 0 Å². The summed E-state index contributed by atoms with van der Waals surface area (Å²) in [6, 6.07) is 8.75. The molecule has 0 unspecified atom stereocenters. The van der Waals surface area contributed by atoms with Crippen molar-refractivity contribution in [3.8, 4) is 0 Å². The van der Waals surface area contributed by atoms with E-state index in [1.54, 1.807) is 0 Å². The summed E-state index contributed by atoms with van der Waals surface area (Å²) in [5.41, 5.74) is 1.37. The highest BCUT2D eigenvalue weighted by atomic mass is 32.2. The SMILES string of the molecule is Cc1cccc([SH](C)C)c1. The van der Waals surface area contributed by atoms with Crippen LogP contribution < -0.4 is 0 Å². The van der Waals surface area contributed by atoms with Crippen molar-refractivity contribution < 1.29 is 0 Å². The van der Waals surface area contributed by atoms with E-state index in [0.29, 0.717) is 0 Å². The Morgan fingerprint density at radius 1 is 1.20 bits per heavy atom. The zero-order valence-electron chi connectivity index (χ0n) is 6.76. The van der Waals surface area contributed by atoms with Gasteiger partial charge in [-0.25, -0.2) is 10.9 Å². The van der Waals surface area contributed by atoms with Crippen LogP contribution in [0.3, 0.4) is 0 Å². The van der Waals surface area contributed by atoms with Crippen molar-refractivity contribution in [1.82, 2.24) is 0 Å². The van der Waals surface area contributed by atoms with Crippen molar-refractivity contribution in [3.63, 3.8) is 0 Å². The predicted octanol–water partition coefficient (Wildman–Crippen LogP) is 2.61. The molecule has 1 aromatic rings. The van der Waals surface area contributed by atoms with Crippen molar-refractivity contribution in [2.24, 2.45) is 0 Å². The average Bonchev–Trinajstić information content (AvgIpc) is 1.88. The van der Waals surface area contributed by atoms with Gasteiger partial charge in [0.25, 0.3) is 0 Å². The van der Waals surface area contributed by atoms with E-state index in [4.69, 9.17) is 0 Å². The van der Waals surface area contributed by atoms with Gasteiger partial charge in [0.15, 0.2) is 0 Å². The molecular weight excluding hydrogens is 140 g/mol. The van der Waals surface area contributed by atoms with E-state index in [2.05, 4.69) is 43.7 Å². The first-order chi connectivity index (χ1) is 4.70. The molecule has 1 rings (SSSR count). The van der Waals surface area contributed by atoms with Crippen molar-refractivity contribution in [3.05, 3.63) is 29.8 Å². The smallest absolute Gasteiger partial charge is 0.0127 e. The van der Waals surface area contributed by atoms with Gasteiger partial charge in [0, 0.05) is 0 Å². The molecule has 10 heavy (non-hydrogen) atoms. The van der Waals surface area contributed by atoms with Crippen molar-refractivity contribution in [2.45, 2.75) is 11.8 Å². The summed E-state index contributed by atoms with van der Waals surface area (Å²) in [5.74, 6) is 0. The molecule has 0 aromatic heterocycles. The Bertz CT molecular complexity index is 216. The third-order valence-corrected chi connectivity index (χ3v) is 2.83. The van der Waals surface area contributed by atoms with Crippen molar-refractivity contribution >= 4 is 10.9 Å². The lowest BCUT2D eigenvalue weighted by atomic mass is 10.2. The molecule has 56 valence electrons. The van der Waals surface area contributed by atoms with E-state index in [-0.39, 0.29) is 10.9 Å². The zero-order chi connectivity index (χ0) is 7.56. The molecule has 0 aliphatic heterocycles. The molecule has 0 atom stereocenters. The molecule has 0 fully saturated rings. The van der Waals surface area contributed by atoms with Crippen molar-refractivity contribution in [1.29, 1.82) is 0 Å². The summed E-state index contributed by atoms with van der Waals surface area (Å²) in [6.45, 7) is 2.14. The summed E-state index contributed by atoms with van der Waals surface area (Å²) in [7, 11) is 0.0882. The molecule has 0 saturated heterocycles. The Morgan fingerprint density at radius 3 is 2.30 bits per heavy atom. The lowest BCUT2D eigenvalue weighted by Gasteiger charge is -2.08. The highest BCUT2D eigenvalue weighted by molar-refractivity contribution is 8.15. The van der Waals surface area contributed by atoms with Crippen LogP contribution in [0, 0.1) is 6.92 Å². The molecule has 0 nitrogen and oxygen atoms in total. The summed E-state index contributed by atoms with van der Waals surface area (Å²) in [6.07, 6.45) is 4.56. The minimum atomic E-state index is 0.0882. The number of aryl methyl sites for hydroxylation is 1. The van der Waals surface area contributed by atoms with Crippen LogP contribution in [-0.2, 0) is 0 Å². The predicted molar refractivity (Wildman–Crippen MR) is 50.3 cm³/mol. The second-order valence-corrected chi connectivity index (χ2v) is 5.04. The number of benzene rings is 1. The Hall–Kier alpha value is -0.430. The average molecular weight is 154 g/mol. The molecule has 1 heteroatoms. The van der Waals surface area contributed by atoms with Crippen LogP contribution in [0.1, 0.15) is 5.56 Å². The lowest BCUT2D eigenvalue weighted by molar-refractivity contribution is 1.36. The maximum absolute atomic E-state index is 2.28. The Balaban J connectivity index is 2.96. The normalized spacial score (nSPS) is 11.3. The van der Waals surface area contributed by atoms with Crippen molar-refractivity contribution in [2.75, 3.05) is 12.5 Å². The van der Waals surface area contributed by atoms with Gasteiger partial charge in [-0.15, -0.1) is 0 Å². The fourth-order valence-electron chi connectivity index (χ4n) is 0.906. The van der Waals surface area contributed by atoms with Crippen LogP contribution in [0.5, 0.6) is 0 Å². The Labute approximate surface area is 65.6 Å². The monoisotopic (exact) mass is 154 g/mol. The largest absolute Gasteiger partial charge is 0.233 e. The van der Waals surface area contributed by atoms with Gasteiger partial charge >= 0.3 is 0 Å². The summed E-state index contributed by atoms with van der Waals surface area (Å²) >= 11 is 0.